The minimum atomic E-state index is -1.68. The van der Waals surface area contributed by atoms with Gasteiger partial charge in [-0.15, -0.1) is 0 Å². The van der Waals surface area contributed by atoms with E-state index in [-0.39, 0.29) is 28.7 Å². The van der Waals surface area contributed by atoms with Gasteiger partial charge in [0.1, 0.15) is 35.6 Å². The molecule has 1 saturated heterocycles. The van der Waals surface area contributed by atoms with Crippen LogP contribution in [0, 0.1) is 0 Å². The summed E-state index contributed by atoms with van der Waals surface area (Å²) in [5, 5.41) is 60.2. The van der Waals surface area contributed by atoms with E-state index < -0.39 is 43.3 Å². The van der Waals surface area contributed by atoms with Crippen LogP contribution < -0.4 is 9.47 Å². The van der Waals surface area contributed by atoms with Crippen molar-refractivity contribution < 1.29 is 54.4 Å². The maximum Gasteiger partial charge on any atom is 0.331 e. The van der Waals surface area contributed by atoms with Gasteiger partial charge < -0.3 is 49.6 Å². The first-order chi connectivity index (χ1) is 19.7. The van der Waals surface area contributed by atoms with Gasteiger partial charge in [-0.25, -0.2) is 4.79 Å². The van der Waals surface area contributed by atoms with Crippen molar-refractivity contribution in [3.8, 4) is 28.7 Å². The third-order valence-corrected chi connectivity index (χ3v) is 6.22. The predicted molar refractivity (Wildman–Crippen MR) is 147 cm³/mol. The van der Waals surface area contributed by atoms with E-state index in [9.17, 15) is 35.4 Å². The van der Waals surface area contributed by atoms with Crippen LogP contribution in [0.1, 0.15) is 16.7 Å². The summed E-state index contributed by atoms with van der Waals surface area (Å²) in [6, 6.07) is 15.2. The number of aliphatic hydroxyl groups is 3. The maximum absolute atomic E-state index is 12.6. The lowest BCUT2D eigenvalue weighted by molar-refractivity contribution is -0.281. The molecule has 1 heterocycles. The Balaban J connectivity index is 1.52. The molecule has 0 aliphatic carbocycles. The average molecular weight is 567 g/mol. The van der Waals surface area contributed by atoms with E-state index in [4.69, 9.17) is 18.9 Å². The van der Waals surface area contributed by atoms with Crippen LogP contribution in [-0.4, -0.2) is 81.0 Å². The highest BCUT2D eigenvalue weighted by molar-refractivity contribution is 5.87. The van der Waals surface area contributed by atoms with Crippen LogP contribution in [0.3, 0.4) is 0 Å². The Hall–Kier alpha value is -4.55. The van der Waals surface area contributed by atoms with E-state index in [1.165, 1.54) is 55.7 Å². The molecule has 0 amide bonds. The van der Waals surface area contributed by atoms with Gasteiger partial charge in [-0.1, -0.05) is 30.4 Å². The molecule has 11 nitrogen and oxygen atoms in total. The summed E-state index contributed by atoms with van der Waals surface area (Å²) in [5.74, 6) is -0.708. The molecule has 0 radical (unpaired) electrons. The Morgan fingerprint density at radius 3 is 2.27 bits per heavy atom. The Kier molecular flexibility index (Phi) is 9.48. The first kappa shape index (κ1) is 29.4. The van der Waals surface area contributed by atoms with E-state index in [2.05, 4.69) is 0 Å². The third-order valence-electron chi connectivity index (χ3n) is 6.22. The summed E-state index contributed by atoms with van der Waals surface area (Å²) in [5.41, 5.74) is 1.83. The first-order valence-corrected chi connectivity index (χ1v) is 12.5. The fraction of sp³-hybridized carbons (Fsp3) is 0.233. The van der Waals surface area contributed by atoms with Gasteiger partial charge in [-0.05, 0) is 59.2 Å². The normalized spacial score (nSPS) is 22.6. The topological polar surface area (TPSA) is 175 Å². The molecule has 0 bridgehead atoms. The van der Waals surface area contributed by atoms with Gasteiger partial charge in [-0.2, -0.15) is 0 Å². The molecule has 6 N–H and O–H groups in total. The molecule has 1 aliphatic heterocycles. The SMILES string of the molecule is COc1cc(C=CC(=O)O[C@H]2[C@H](Oc3cc(O)cc(C=Cc4ccc(O)cc4)c3)O[C@H](CO)[C@@H](O)[C@@H]2O)ccc1O. The van der Waals surface area contributed by atoms with Crippen molar-refractivity contribution in [3.05, 3.63) is 83.4 Å². The average Bonchev–Trinajstić information content (AvgIpc) is 2.95. The third kappa shape index (κ3) is 7.56. The predicted octanol–water partition coefficient (Wildman–Crippen LogP) is 2.43. The smallest absolute Gasteiger partial charge is 0.331 e. The zero-order valence-electron chi connectivity index (χ0n) is 21.9. The summed E-state index contributed by atoms with van der Waals surface area (Å²) in [4.78, 5) is 12.6. The number of hydrogen-bond donors (Lipinski definition) is 6. The van der Waals surface area contributed by atoms with Gasteiger partial charge in [0, 0.05) is 12.1 Å². The van der Waals surface area contributed by atoms with Crippen LogP contribution in [-0.2, 0) is 14.3 Å². The standard InChI is InChI=1S/C30H30O11/c1-38-24-14-18(6-10-23(24)34)7-11-26(35)41-29-28(37)27(36)25(16-31)40-30(29)39-22-13-19(12-21(33)15-22)3-2-17-4-8-20(32)9-5-17/h2-15,25,27-34,36-37H,16H2,1H3/t25-,27-,28+,29-,30-/m1/s1. The van der Waals surface area contributed by atoms with Crippen molar-refractivity contribution in [2.75, 3.05) is 13.7 Å². The van der Waals surface area contributed by atoms with E-state index in [0.717, 1.165) is 11.6 Å². The Morgan fingerprint density at radius 2 is 1.56 bits per heavy atom. The first-order valence-electron chi connectivity index (χ1n) is 12.5. The largest absolute Gasteiger partial charge is 0.508 e. The Bertz CT molecular complexity index is 1400. The number of carbonyl (C=O) groups excluding carboxylic acids is 1. The van der Waals surface area contributed by atoms with Crippen LogP contribution >= 0.6 is 0 Å². The molecule has 11 heteroatoms. The highest BCUT2D eigenvalue weighted by Gasteiger charge is 2.47. The minimum absolute atomic E-state index is 0.0759. The molecule has 5 atom stereocenters. The molecule has 0 unspecified atom stereocenters. The molecule has 216 valence electrons. The highest BCUT2D eigenvalue weighted by Crippen LogP contribution is 2.30. The van der Waals surface area contributed by atoms with Crippen molar-refractivity contribution in [1.82, 2.24) is 0 Å². The molecule has 1 fully saturated rings. The van der Waals surface area contributed by atoms with Crippen LogP contribution in [0.25, 0.3) is 18.2 Å². The van der Waals surface area contributed by atoms with Gasteiger partial charge in [0.05, 0.1) is 13.7 Å². The summed E-state index contributed by atoms with van der Waals surface area (Å²) in [6.07, 6.45) is -1.58. The Labute approximate surface area is 235 Å². The van der Waals surface area contributed by atoms with Gasteiger partial charge in [0.15, 0.2) is 17.6 Å². The lowest BCUT2D eigenvalue weighted by Gasteiger charge is -2.41. The molecule has 0 saturated carbocycles. The van der Waals surface area contributed by atoms with Crippen molar-refractivity contribution in [2.24, 2.45) is 0 Å². The number of aromatic hydroxyl groups is 3. The molecular weight excluding hydrogens is 536 g/mol. The summed E-state index contributed by atoms with van der Waals surface area (Å²) >= 11 is 0. The summed E-state index contributed by atoms with van der Waals surface area (Å²) in [6.45, 7) is -0.651. The van der Waals surface area contributed by atoms with E-state index >= 15 is 0 Å². The summed E-state index contributed by atoms with van der Waals surface area (Å²) in [7, 11) is 1.38. The maximum atomic E-state index is 12.6. The molecule has 0 spiro atoms. The van der Waals surface area contributed by atoms with Crippen molar-refractivity contribution in [1.29, 1.82) is 0 Å². The fourth-order valence-electron chi connectivity index (χ4n) is 4.09. The number of methoxy groups -OCH3 is 1. The zero-order chi connectivity index (χ0) is 29.5. The number of benzene rings is 3. The van der Waals surface area contributed by atoms with Crippen LogP contribution in [0.4, 0.5) is 0 Å². The van der Waals surface area contributed by atoms with Gasteiger partial charge in [0.25, 0.3) is 0 Å². The van der Waals surface area contributed by atoms with E-state index in [1.54, 1.807) is 30.4 Å². The van der Waals surface area contributed by atoms with Crippen molar-refractivity contribution in [2.45, 2.75) is 30.7 Å². The molecule has 3 aromatic carbocycles. The fourth-order valence-corrected chi connectivity index (χ4v) is 4.09. The summed E-state index contributed by atoms with van der Waals surface area (Å²) < 4.78 is 21.9. The molecule has 4 rings (SSSR count). The number of aliphatic hydroxyl groups excluding tert-OH is 3. The second-order valence-electron chi connectivity index (χ2n) is 9.18. The molecular formula is C30H30O11. The molecule has 41 heavy (non-hydrogen) atoms. The van der Waals surface area contributed by atoms with E-state index in [0.29, 0.717) is 11.1 Å². The number of phenolic OH excluding ortho intramolecular Hbond substituents is 3. The second kappa shape index (κ2) is 13.2. The molecule has 0 aromatic heterocycles. The monoisotopic (exact) mass is 566 g/mol. The molecule has 3 aromatic rings. The number of rotatable bonds is 9. The molecule has 1 aliphatic rings. The number of hydrogen-bond acceptors (Lipinski definition) is 11. The van der Waals surface area contributed by atoms with Crippen LogP contribution in [0.15, 0.2) is 66.7 Å². The van der Waals surface area contributed by atoms with Crippen LogP contribution in [0.5, 0.6) is 28.7 Å². The second-order valence-corrected chi connectivity index (χ2v) is 9.18. The lowest BCUT2D eigenvalue weighted by atomic mass is 9.99. The van der Waals surface area contributed by atoms with Crippen LogP contribution in [0.2, 0.25) is 0 Å². The van der Waals surface area contributed by atoms with Gasteiger partial charge in [0.2, 0.25) is 6.29 Å². The van der Waals surface area contributed by atoms with Crippen molar-refractivity contribution in [3.63, 3.8) is 0 Å². The number of esters is 1. The Morgan fingerprint density at radius 1 is 0.854 bits per heavy atom. The lowest BCUT2D eigenvalue weighted by Crippen LogP contribution is -2.61. The number of ether oxygens (including phenoxy) is 4. The van der Waals surface area contributed by atoms with Gasteiger partial charge in [-0.3, -0.25) is 0 Å². The van der Waals surface area contributed by atoms with Gasteiger partial charge >= 0.3 is 5.97 Å². The quantitative estimate of drug-likeness (QED) is 0.127. The number of phenols is 3. The van der Waals surface area contributed by atoms with E-state index in [1.807, 2.05) is 0 Å². The highest BCUT2D eigenvalue weighted by atomic mass is 16.7. The zero-order valence-corrected chi connectivity index (χ0v) is 21.9. The minimum Gasteiger partial charge on any atom is -0.508 e. The number of carbonyl (C=O) groups is 1. The van der Waals surface area contributed by atoms with Crippen molar-refractivity contribution >= 4 is 24.2 Å².